The first-order valence-electron chi connectivity index (χ1n) is 10.8. The van der Waals surface area contributed by atoms with Gasteiger partial charge in [-0.15, -0.1) is 5.10 Å². The van der Waals surface area contributed by atoms with E-state index in [1.54, 1.807) is 0 Å². The average Bonchev–Trinajstić information content (AvgIpc) is 3.48. The van der Waals surface area contributed by atoms with Crippen LogP contribution in [0.5, 0.6) is 5.88 Å². The highest BCUT2D eigenvalue weighted by Crippen LogP contribution is 2.53. The quantitative estimate of drug-likeness (QED) is 0.498. The molecule has 0 unspecified atom stereocenters. The number of benzene rings is 1. The lowest BCUT2D eigenvalue weighted by molar-refractivity contribution is -0.154. The monoisotopic (exact) mass is 529 g/mol. The highest BCUT2D eigenvalue weighted by molar-refractivity contribution is 6.34. The third kappa shape index (κ3) is 4.54. The van der Waals surface area contributed by atoms with Crippen LogP contribution < -0.4 is 15.7 Å². The Bertz CT molecular complexity index is 1410. The molecule has 8 nitrogen and oxygen atoms in total. The number of anilines is 1. The number of fused-ring (bicyclic) bond motifs is 1. The molecule has 3 heterocycles. The van der Waals surface area contributed by atoms with Gasteiger partial charge in [-0.3, -0.25) is 9.36 Å². The van der Waals surface area contributed by atoms with E-state index in [0.717, 1.165) is 25.3 Å². The van der Waals surface area contributed by atoms with Crippen LogP contribution in [-0.2, 0) is 13.0 Å². The van der Waals surface area contributed by atoms with Crippen LogP contribution in [0, 0.1) is 17.0 Å². The molecule has 1 aliphatic heterocycles. The molecule has 1 amide bonds. The molecular weight excluding hydrogens is 513 g/mol. The lowest BCUT2D eigenvalue weighted by Crippen LogP contribution is -2.30. The van der Waals surface area contributed by atoms with Crippen molar-refractivity contribution < 1.29 is 31.5 Å². The van der Waals surface area contributed by atoms with Crippen LogP contribution in [0.25, 0.3) is 5.82 Å². The highest BCUT2D eigenvalue weighted by atomic mass is 35.5. The Morgan fingerprint density at radius 2 is 1.94 bits per heavy atom. The second-order valence-electron chi connectivity index (χ2n) is 8.79. The van der Waals surface area contributed by atoms with Crippen molar-refractivity contribution in [3.63, 3.8) is 0 Å². The molecule has 1 saturated carbocycles. The van der Waals surface area contributed by atoms with Crippen molar-refractivity contribution in [2.24, 2.45) is 5.41 Å². The van der Waals surface area contributed by atoms with Gasteiger partial charge in [0.2, 0.25) is 5.88 Å². The second kappa shape index (κ2) is 8.57. The Morgan fingerprint density at radius 1 is 1.19 bits per heavy atom. The lowest BCUT2D eigenvalue weighted by Gasteiger charge is -2.20. The molecule has 0 atom stereocenters. The Hall–Kier alpha value is -3.48. The van der Waals surface area contributed by atoms with Gasteiger partial charge in [-0.25, -0.2) is 13.6 Å². The fraction of sp³-hybridized carbons (Fsp3) is 0.364. The predicted octanol–water partition coefficient (Wildman–Crippen LogP) is 4.28. The topological polar surface area (TPSA) is 91.0 Å². The summed E-state index contributed by atoms with van der Waals surface area (Å²) in [7, 11) is 0. The fourth-order valence-electron chi connectivity index (χ4n) is 4.14. The van der Waals surface area contributed by atoms with Gasteiger partial charge in [-0.05, 0) is 42.9 Å². The van der Waals surface area contributed by atoms with Gasteiger partial charge in [0, 0.05) is 13.0 Å². The van der Waals surface area contributed by atoms with Crippen molar-refractivity contribution in [2.75, 3.05) is 11.9 Å². The summed E-state index contributed by atoms with van der Waals surface area (Å²) >= 11 is 5.88. The number of para-hydroxylation sites is 1. The SMILES string of the molecule is O=C(Nc1c(F)cccc1Cl)c1cc(F)c(-n2nc3n(c2=O)CCC2(CC2)C3)nc1OCC(F)(F)F. The number of halogens is 6. The molecule has 0 saturated heterocycles. The van der Waals surface area contributed by atoms with Crippen LogP contribution in [0.2, 0.25) is 5.02 Å². The van der Waals surface area contributed by atoms with Crippen LogP contribution >= 0.6 is 11.6 Å². The Morgan fingerprint density at radius 3 is 2.61 bits per heavy atom. The molecule has 1 spiro atoms. The van der Waals surface area contributed by atoms with Gasteiger partial charge in [0.05, 0.1) is 10.7 Å². The van der Waals surface area contributed by atoms with Crippen LogP contribution in [0.4, 0.5) is 27.6 Å². The molecule has 190 valence electrons. The van der Waals surface area contributed by atoms with E-state index in [0.29, 0.717) is 29.5 Å². The summed E-state index contributed by atoms with van der Waals surface area (Å²) < 4.78 is 74.5. The van der Waals surface area contributed by atoms with Gasteiger partial charge in [-0.2, -0.15) is 22.8 Å². The molecule has 5 rings (SSSR count). The van der Waals surface area contributed by atoms with Crippen molar-refractivity contribution in [1.29, 1.82) is 0 Å². The van der Waals surface area contributed by atoms with E-state index in [2.05, 4.69) is 20.1 Å². The van der Waals surface area contributed by atoms with Crippen molar-refractivity contribution in [3.8, 4) is 11.7 Å². The van der Waals surface area contributed by atoms with E-state index in [9.17, 15) is 27.2 Å². The number of ether oxygens (including phenoxy) is 1. The van der Waals surface area contributed by atoms with Crippen LogP contribution in [0.3, 0.4) is 0 Å². The predicted molar refractivity (Wildman–Crippen MR) is 116 cm³/mol. The maximum atomic E-state index is 15.1. The number of alkyl halides is 3. The summed E-state index contributed by atoms with van der Waals surface area (Å²) in [5.74, 6) is -4.63. The molecule has 2 aliphatic rings. The number of carbonyl (C=O) groups is 1. The van der Waals surface area contributed by atoms with Gasteiger partial charge < -0.3 is 10.1 Å². The maximum Gasteiger partial charge on any atom is 0.422 e. The van der Waals surface area contributed by atoms with E-state index in [1.807, 2.05) is 0 Å². The number of amides is 1. The average molecular weight is 530 g/mol. The Labute approximate surface area is 204 Å². The van der Waals surface area contributed by atoms with Gasteiger partial charge >= 0.3 is 11.9 Å². The number of hydrogen-bond acceptors (Lipinski definition) is 5. The first kappa shape index (κ1) is 24.2. The lowest BCUT2D eigenvalue weighted by atomic mass is 9.95. The van der Waals surface area contributed by atoms with E-state index in [4.69, 9.17) is 11.6 Å². The molecule has 14 heteroatoms. The molecule has 0 bridgehead atoms. The van der Waals surface area contributed by atoms with Gasteiger partial charge in [0.15, 0.2) is 18.2 Å². The summed E-state index contributed by atoms with van der Waals surface area (Å²) in [4.78, 5) is 29.3. The normalized spacial score (nSPS) is 16.1. The molecule has 3 aromatic rings. The van der Waals surface area contributed by atoms with Crippen molar-refractivity contribution in [1.82, 2.24) is 19.3 Å². The van der Waals surface area contributed by atoms with Crippen LogP contribution in [0.15, 0.2) is 29.1 Å². The molecule has 36 heavy (non-hydrogen) atoms. The third-order valence-corrected chi connectivity index (χ3v) is 6.55. The van der Waals surface area contributed by atoms with Crippen LogP contribution in [-0.4, -0.2) is 38.0 Å². The Kier molecular flexibility index (Phi) is 5.77. The van der Waals surface area contributed by atoms with E-state index >= 15 is 4.39 Å². The summed E-state index contributed by atoms with van der Waals surface area (Å²) in [6.45, 7) is -1.49. The first-order valence-corrected chi connectivity index (χ1v) is 11.2. The molecular formula is C22H17ClF5N5O3. The Balaban J connectivity index is 1.55. The second-order valence-corrected chi connectivity index (χ2v) is 9.20. The zero-order valence-corrected chi connectivity index (χ0v) is 19.1. The highest BCUT2D eigenvalue weighted by Gasteiger charge is 2.46. The number of rotatable bonds is 5. The van der Waals surface area contributed by atoms with Crippen molar-refractivity contribution in [3.05, 3.63) is 62.8 Å². The fourth-order valence-corrected chi connectivity index (χ4v) is 4.35. The molecule has 0 radical (unpaired) electrons. The molecule has 1 fully saturated rings. The molecule has 1 aromatic carbocycles. The number of aromatic nitrogens is 4. The van der Waals surface area contributed by atoms with Gasteiger partial charge in [0.25, 0.3) is 5.91 Å². The van der Waals surface area contributed by atoms with Crippen molar-refractivity contribution in [2.45, 2.75) is 38.4 Å². The largest absolute Gasteiger partial charge is 0.467 e. The zero-order chi connectivity index (χ0) is 25.8. The number of carbonyl (C=O) groups excluding carboxylic acids is 1. The minimum Gasteiger partial charge on any atom is -0.467 e. The van der Waals surface area contributed by atoms with Gasteiger partial charge in [-0.1, -0.05) is 17.7 Å². The van der Waals surface area contributed by atoms with E-state index in [1.165, 1.54) is 16.7 Å². The summed E-state index contributed by atoms with van der Waals surface area (Å²) in [6.07, 6.45) is -1.56. The third-order valence-electron chi connectivity index (χ3n) is 6.24. The number of hydrogen-bond donors (Lipinski definition) is 1. The molecule has 1 aliphatic carbocycles. The first-order chi connectivity index (χ1) is 17.0. The standard InChI is InChI=1S/C22H17ClF5N5O3/c23-12-2-1-3-13(24)16(12)29-18(34)11-8-14(25)17(30-19(11)36-10-22(26,27)28)33-20(35)32-7-6-21(4-5-21)9-15(32)31-33/h1-3,8H,4-7,9-10H2,(H,29,34). The van der Waals surface area contributed by atoms with Crippen molar-refractivity contribution >= 4 is 23.2 Å². The summed E-state index contributed by atoms with van der Waals surface area (Å²) in [6, 6.07) is 4.07. The van der Waals surface area contributed by atoms with E-state index < -0.39 is 59.0 Å². The van der Waals surface area contributed by atoms with Gasteiger partial charge in [0.1, 0.15) is 17.2 Å². The minimum atomic E-state index is -4.82. The van der Waals surface area contributed by atoms with E-state index in [-0.39, 0.29) is 10.4 Å². The number of nitrogens with zero attached hydrogens (tertiary/aromatic N) is 4. The number of pyridine rings is 1. The zero-order valence-electron chi connectivity index (χ0n) is 18.3. The molecule has 2 aromatic heterocycles. The summed E-state index contributed by atoms with van der Waals surface area (Å²) in [5, 5.41) is 6.04. The minimum absolute atomic E-state index is 0.0779. The number of nitrogens with one attached hydrogen (secondary N) is 1. The van der Waals surface area contributed by atoms with Crippen LogP contribution in [0.1, 0.15) is 35.4 Å². The smallest absolute Gasteiger partial charge is 0.422 e. The maximum absolute atomic E-state index is 15.1. The molecule has 1 N–H and O–H groups in total. The summed E-state index contributed by atoms with van der Waals surface area (Å²) in [5.41, 5.74) is -1.88.